The van der Waals surface area contributed by atoms with Crippen LogP contribution >= 0.6 is 15.9 Å². The van der Waals surface area contributed by atoms with Gasteiger partial charge in [-0.25, -0.2) is 0 Å². The molecule has 0 saturated carbocycles. The minimum atomic E-state index is 0.310. The Kier molecular flexibility index (Phi) is 5.00. The molecule has 0 aliphatic heterocycles. The summed E-state index contributed by atoms with van der Waals surface area (Å²) in [6.45, 7) is 7.26. The molecule has 108 valence electrons. The molecule has 0 aliphatic rings. The van der Waals surface area contributed by atoms with Gasteiger partial charge in [-0.2, -0.15) is 5.10 Å². The van der Waals surface area contributed by atoms with Gasteiger partial charge in [0.25, 0.3) is 0 Å². The van der Waals surface area contributed by atoms with E-state index in [0.717, 1.165) is 23.1 Å². The van der Waals surface area contributed by atoms with E-state index in [1.165, 1.54) is 16.8 Å². The second-order valence-electron chi connectivity index (χ2n) is 5.14. The summed E-state index contributed by atoms with van der Waals surface area (Å²) < 4.78 is 3.22. The molecule has 0 fully saturated rings. The molecule has 20 heavy (non-hydrogen) atoms. The van der Waals surface area contributed by atoms with Crippen molar-refractivity contribution in [2.45, 2.75) is 39.8 Å². The van der Waals surface area contributed by atoms with Crippen molar-refractivity contribution in [1.29, 1.82) is 0 Å². The predicted octanol–water partition coefficient (Wildman–Crippen LogP) is 3.79. The van der Waals surface area contributed by atoms with Crippen LogP contribution in [0.2, 0.25) is 0 Å². The van der Waals surface area contributed by atoms with Gasteiger partial charge in [0.2, 0.25) is 0 Å². The zero-order valence-electron chi connectivity index (χ0n) is 12.6. The Morgan fingerprint density at radius 1 is 1.30 bits per heavy atom. The van der Waals surface area contributed by atoms with Gasteiger partial charge in [-0.15, -0.1) is 0 Å². The molecule has 2 rings (SSSR count). The Morgan fingerprint density at radius 3 is 2.65 bits per heavy atom. The molecule has 1 unspecified atom stereocenters. The van der Waals surface area contributed by atoms with Crippen LogP contribution in [0.15, 0.2) is 28.7 Å². The Morgan fingerprint density at radius 2 is 2.05 bits per heavy atom. The number of aryl methyl sites for hydroxylation is 3. The third-order valence-corrected chi connectivity index (χ3v) is 4.15. The van der Waals surface area contributed by atoms with Crippen LogP contribution in [0.1, 0.15) is 35.5 Å². The van der Waals surface area contributed by atoms with E-state index < -0.39 is 0 Å². The Hall–Kier alpha value is -1.13. The molecular formula is C16H22BrN3. The molecule has 3 nitrogen and oxygen atoms in total. The molecular weight excluding hydrogens is 314 g/mol. The summed E-state index contributed by atoms with van der Waals surface area (Å²) >= 11 is 3.53. The van der Waals surface area contributed by atoms with Crippen LogP contribution < -0.4 is 5.32 Å². The molecule has 1 aromatic carbocycles. The van der Waals surface area contributed by atoms with E-state index in [-0.39, 0.29) is 0 Å². The first-order valence-corrected chi connectivity index (χ1v) is 7.81. The first-order valence-electron chi connectivity index (χ1n) is 7.01. The van der Waals surface area contributed by atoms with Crippen molar-refractivity contribution in [1.82, 2.24) is 15.1 Å². The number of aromatic nitrogens is 2. The monoisotopic (exact) mass is 335 g/mol. The van der Waals surface area contributed by atoms with Gasteiger partial charge in [0.15, 0.2) is 0 Å². The van der Waals surface area contributed by atoms with E-state index in [9.17, 15) is 0 Å². The van der Waals surface area contributed by atoms with Crippen molar-refractivity contribution in [2.75, 3.05) is 7.05 Å². The molecule has 1 N–H and O–H groups in total. The lowest BCUT2D eigenvalue weighted by Gasteiger charge is -2.19. The van der Waals surface area contributed by atoms with Gasteiger partial charge in [0.05, 0.1) is 5.69 Å². The van der Waals surface area contributed by atoms with E-state index in [1.54, 1.807) is 0 Å². The lowest BCUT2D eigenvalue weighted by molar-refractivity contribution is 0.539. The molecule has 0 aliphatic carbocycles. The summed E-state index contributed by atoms with van der Waals surface area (Å²) in [5.41, 5.74) is 5.02. The van der Waals surface area contributed by atoms with E-state index in [2.05, 4.69) is 76.1 Å². The number of hydrogen-bond donors (Lipinski definition) is 1. The highest BCUT2D eigenvalue weighted by molar-refractivity contribution is 9.10. The predicted molar refractivity (Wildman–Crippen MR) is 87.0 cm³/mol. The number of rotatable bonds is 5. The average Bonchev–Trinajstić information content (AvgIpc) is 2.76. The molecule has 4 heteroatoms. The van der Waals surface area contributed by atoms with Crippen molar-refractivity contribution < 1.29 is 0 Å². The third kappa shape index (κ3) is 3.30. The van der Waals surface area contributed by atoms with Gasteiger partial charge in [0, 0.05) is 29.2 Å². The minimum Gasteiger partial charge on any atom is -0.313 e. The van der Waals surface area contributed by atoms with Gasteiger partial charge < -0.3 is 5.32 Å². The zero-order valence-corrected chi connectivity index (χ0v) is 14.2. The summed E-state index contributed by atoms with van der Waals surface area (Å²) in [6, 6.07) is 8.96. The number of hydrogen-bond acceptors (Lipinski definition) is 2. The largest absolute Gasteiger partial charge is 0.313 e. The molecule has 1 atom stereocenters. The third-order valence-electron chi connectivity index (χ3n) is 3.65. The van der Waals surface area contributed by atoms with E-state index in [0.29, 0.717) is 6.04 Å². The molecule has 0 bridgehead atoms. The SMILES string of the molecule is CCn1nc(C)cc1CC(NC)c1ccc(Br)cc1C. The first-order chi connectivity index (χ1) is 9.55. The second-order valence-corrected chi connectivity index (χ2v) is 6.05. The van der Waals surface area contributed by atoms with E-state index in [4.69, 9.17) is 0 Å². The highest BCUT2D eigenvalue weighted by Crippen LogP contribution is 2.24. The number of nitrogens with zero attached hydrogens (tertiary/aromatic N) is 2. The fourth-order valence-electron chi connectivity index (χ4n) is 2.64. The van der Waals surface area contributed by atoms with Crippen LogP contribution in [0, 0.1) is 13.8 Å². The maximum Gasteiger partial charge on any atom is 0.0596 e. The van der Waals surface area contributed by atoms with E-state index >= 15 is 0 Å². The van der Waals surface area contributed by atoms with Crippen LogP contribution in [0.4, 0.5) is 0 Å². The molecule has 0 saturated heterocycles. The molecule has 0 radical (unpaired) electrons. The standard InChI is InChI=1S/C16H22BrN3/c1-5-20-14(9-12(3)19-20)10-16(18-4)15-7-6-13(17)8-11(15)2/h6-9,16,18H,5,10H2,1-4H3. The van der Waals surface area contributed by atoms with Crippen LogP contribution in [-0.4, -0.2) is 16.8 Å². The normalized spacial score (nSPS) is 12.7. The fraction of sp³-hybridized carbons (Fsp3) is 0.438. The van der Waals surface area contributed by atoms with Crippen molar-refractivity contribution in [3.63, 3.8) is 0 Å². The summed E-state index contributed by atoms with van der Waals surface area (Å²) in [5, 5.41) is 7.96. The maximum absolute atomic E-state index is 4.53. The molecule has 0 amide bonds. The number of halogens is 1. The lowest BCUT2D eigenvalue weighted by atomic mass is 9.97. The minimum absolute atomic E-state index is 0.310. The zero-order chi connectivity index (χ0) is 14.7. The molecule has 0 spiro atoms. The van der Waals surface area contributed by atoms with Crippen LogP contribution in [0.25, 0.3) is 0 Å². The summed E-state index contributed by atoms with van der Waals surface area (Å²) in [6.07, 6.45) is 0.952. The highest BCUT2D eigenvalue weighted by atomic mass is 79.9. The van der Waals surface area contributed by atoms with Crippen LogP contribution in [0.5, 0.6) is 0 Å². The van der Waals surface area contributed by atoms with Gasteiger partial charge in [0.1, 0.15) is 0 Å². The number of likely N-dealkylation sites (N-methyl/N-ethyl adjacent to an activating group) is 1. The second kappa shape index (κ2) is 6.55. The van der Waals surface area contributed by atoms with Crippen molar-refractivity contribution in [3.8, 4) is 0 Å². The summed E-state index contributed by atoms with van der Waals surface area (Å²) in [7, 11) is 2.02. The number of nitrogens with one attached hydrogen (secondary N) is 1. The van der Waals surface area contributed by atoms with Crippen molar-refractivity contribution >= 4 is 15.9 Å². The maximum atomic E-state index is 4.53. The first kappa shape index (κ1) is 15.3. The Labute approximate surface area is 129 Å². The van der Waals surface area contributed by atoms with Crippen LogP contribution in [0.3, 0.4) is 0 Å². The highest BCUT2D eigenvalue weighted by Gasteiger charge is 2.15. The van der Waals surface area contributed by atoms with Crippen LogP contribution in [-0.2, 0) is 13.0 Å². The topological polar surface area (TPSA) is 29.9 Å². The fourth-order valence-corrected chi connectivity index (χ4v) is 3.12. The van der Waals surface area contributed by atoms with Crippen molar-refractivity contribution in [2.24, 2.45) is 0 Å². The Balaban J connectivity index is 2.28. The summed E-state index contributed by atoms with van der Waals surface area (Å²) in [4.78, 5) is 0. The van der Waals surface area contributed by atoms with Gasteiger partial charge in [-0.05, 0) is 57.1 Å². The number of benzene rings is 1. The smallest absolute Gasteiger partial charge is 0.0596 e. The Bertz CT molecular complexity index is 589. The van der Waals surface area contributed by atoms with Gasteiger partial charge in [-0.3, -0.25) is 4.68 Å². The molecule has 1 heterocycles. The van der Waals surface area contributed by atoms with Crippen molar-refractivity contribution in [3.05, 3.63) is 51.3 Å². The lowest BCUT2D eigenvalue weighted by Crippen LogP contribution is -2.21. The van der Waals surface area contributed by atoms with E-state index in [1.807, 2.05) is 7.05 Å². The summed E-state index contributed by atoms with van der Waals surface area (Å²) in [5.74, 6) is 0. The molecule has 1 aromatic heterocycles. The quantitative estimate of drug-likeness (QED) is 0.900. The average molecular weight is 336 g/mol. The van der Waals surface area contributed by atoms with Gasteiger partial charge in [-0.1, -0.05) is 22.0 Å². The molecule has 2 aromatic rings. The van der Waals surface area contributed by atoms with Gasteiger partial charge >= 0.3 is 0 Å².